The minimum atomic E-state index is 0.464. The van der Waals surface area contributed by atoms with E-state index in [-0.39, 0.29) is 0 Å². The molecule has 0 aliphatic carbocycles. The molecule has 2 aromatic rings. The molecule has 2 N–H and O–H groups in total. The van der Waals surface area contributed by atoms with E-state index >= 15 is 0 Å². The van der Waals surface area contributed by atoms with Gasteiger partial charge in [-0.25, -0.2) is 0 Å². The van der Waals surface area contributed by atoms with Gasteiger partial charge in [-0.15, -0.1) is 0 Å². The van der Waals surface area contributed by atoms with E-state index in [9.17, 15) is 0 Å². The van der Waals surface area contributed by atoms with E-state index in [1.807, 2.05) is 24.3 Å². The van der Waals surface area contributed by atoms with Gasteiger partial charge in [-0.05, 0) is 30.9 Å². The Balaban J connectivity index is 1.81. The standard InChI is InChI=1S/C20H30N4O2/c1-5-15(6-2)18-13-17(26-24-18)14-23-20(21-3)22-12-11-16-9-7-8-10-19(16)25-4/h7-10,13,15H,5-6,11-12,14H2,1-4H3,(H2,21,22,23). The van der Waals surface area contributed by atoms with Crippen LogP contribution in [0.5, 0.6) is 5.75 Å². The fourth-order valence-corrected chi connectivity index (χ4v) is 2.93. The van der Waals surface area contributed by atoms with Crippen molar-refractivity contribution in [2.75, 3.05) is 20.7 Å². The van der Waals surface area contributed by atoms with Gasteiger partial charge in [0, 0.05) is 25.6 Å². The lowest BCUT2D eigenvalue weighted by Crippen LogP contribution is -2.37. The highest BCUT2D eigenvalue weighted by atomic mass is 16.5. The van der Waals surface area contributed by atoms with Crippen LogP contribution in [-0.4, -0.2) is 31.8 Å². The number of rotatable bonds is 9. The smallest absolute Gasteiger partial charge is 0.191 e. The molecule has 1 aromatic carbocycles. The number of para-hydroxylation sites is 1. The van der Waals surface area contributed by atoms with Crippen molar-refractivity contribution in [1.82, 2.24) is 15.8 Å². The Morgan fingerprint density at radius 1 is 1.23 bits per heavy atom. The largest absolute Gasteiger partial charge is 0.496 e. The van der Waals surface area contributed by atoms with Gasteiger partial charge in [0.1, 0.15) is 5.75 Å². The molecule has 0 spiro atoms. The predicted octanol–water partition coefficient (Wildman–Crippen LogP) is 3.49. The van der Waals surface area contributed by atoms with Crippen molar-refractivity contribution in [2.45, 2.75) is 45.6 Å². The molecule has 0 radical (unpaired) electrons. The number of aliphatic imine (C=N–C) groups is 1. The van der Waals surface area contributed by atoms with E-state index in [1.165, 1.54) is 5.56 Å². The maximum atomic E-state index is 5.44. The second-order valence-electron chi connectivity index (χ2n) is 6.15. The summed E-state index contributed by atoms with van der Waals surface area (Å²) >= 11 is 0. The van der Waals surface area contributed by atoms with E-state index in [2.05, 4.69) is 40.7 Å². The summed E-state index contributed by atoms with van der Waals surface area (Å²) in [6, 6.07) is 10.1. The molecule has 0 atom stereocenters. The molecular formula is C20H30N4O2. The monoisotopic (exact) mass is 358 g/mol. The van der Waals surface area contributed by atoms with Crippen molar-refractivity contribution in [2.24, 2.45) is 4.99 Å². The van der Waals surface area contributed by atoms with E-state index in [1.54, 1.807) is 14.2 Å². The molecule has 0 aliphatic rings. The lowest BCUT2D eigenvalue weighted by Gasteiger charge is -2.12. The molecule has 0 saturated carbocycles. The Kier molecular flexibility index (Phi) is 7.99. The van der Waals surface area contributed by atoms with Gasteiger partial charge in [-0.1, -0.05) is 37.2 Å². The molecular weight excluding hydrogens is 328 g/mol. The highest BCUT2D eigenvalue weighted by molar-refractivity contribution is 5.79. The second kappa shape index (κ2) is 10.5. The summed E-state index contributed by atoms with van der Waals surface area (Å²) in [5, 5.41) is 10.8. The van der Waals surface area contributed by atoms with Gasteiger partial charge in [0.15, 0.2) is 11.7 Å². The normalized spacial score (nSPS) is 11.7. The van der Waals surface area contributed by atoms with Gasteiger partial charge >= 0.3 is 0 Å². The van der Waals surface area contributed by atoms with Crippen LogP contribution >= 0.6 is 0 Å². The molecule has 6 heteroatoms. The molecule has 0 fully saturated rings. The van der Waals surface area contributed by atoms with Gasteiger partial charge in [-0.2, -0.15) is 0 Å². The second-order valence-corrected chi connectivity index (χ2v) is 6.15. The quantitative estimate of drug-likeness (QED) is 0.530. The molecule has 142 valence electrons. The SMILES string of the molecule is CCC(CC)c1cc(CNC(=NC)NCCc2ccccc2OC)on1. The molecule has 0 saturated heterocycles. The third-order valence-corrected chi connectivity index (χ3v) is 4.51. The fourth-order valence-electron chi connectivity index (χ4n) is 2.93. The summed E-state index contributed by atoms with van der Waals surface area (Å²) in [5.74, 6) is 2.93. The Hall–Kier alpha value is -2.50. The molecule has 0 aliphatic heterocycles. The topological polar surface area (TPSA) is 71.7 Å². The number of nitrogens with zero attached hydrogens (tertiary/aromatic N) is 2. The van der Waals surface area contributed by atoms with E-state index in [0.29, 0.717) is 12.5 Å². The summed E-state index contributed by atoms with van der Waals surface area (Å²) in [6.07, 6.45) is 3.00. The Morgan fingerprint density at radius 3 is 2.69 bits per heavy atom. The van der Waals surface area contributed by atoms with Crippen molar-refractivity contribution < 1.29 is 9.26 Å². The first-order chi connectivity index (χ1) is 12.7. The highest BCUT2D eigenvalue weighted by Gasteiger charge is 2.13. The first kappa shape index (κ1) is 19.8. The van der Waals surface area contributed by atoms with Crippen LogP contribution in [-0.2, 0) is 13.0 Å². The molecule has 1 heterocycles. The van der Waals surface area contributed by atoms with Crippen LogP contribution in [0.2, 0.25) is 0 Å². The van der Waals surface area contributed by atoms with E-state index in [4.69, 9.17) is 9.26 Å². The molecule has 0 amide bonds. The van der Waals surface area contributed by atoms with Crippen molar-refractivity contribution >= 4 is 5.96 Å². The zero-order valence-corrected chi connectivity index (χ0v) is 16.2. The van der Waals surface area contributed by atoms with Crippen molar-refractivity contribution in [3.63, 3.8) is 0 Å². The Bertz CT molecular complexity index is 693. The fraction of sp³-hybridized carbons (Fsp3) is 0.500. The lowest BCUT2D eigenvalue weighted by atomic mass is 9.99. The number of ether oxygens (including phenoxy) is 1. The summed E-state index contributed by atoms with van der Waals surface area (Å²) in [4.78, 5) is 4.25. The Morgan fingerprint density at radius 2 is 2.00 bits per heavy atom. The predicted molar refractivity (Wildman–Crippen MR) is 105 cm³/mol. The highest BCUT2D eigenvalue weighted by Crippen LogP contribution is 2.22. The van der Waals surface area contributed by atoms with E-state index < -0.39 is 0 Å². The molecule has 0 unspecified atom stereocenters. The summed E-state index contributed by atoms with van der Waals surface area (Å²) in [7, 11) is 3.45. The third-order valence-electron chi connectivity index (χ3n) is 4.51. The number of nitrogens with one attached hydrogen (secondary N) is 2. The number of aromatic nitrogens is 1. The number of benzene rings is 1. The average molecular weight is 358 g/mol. The number of hydrogen-bond acceptors (Lipinski definition) is 4. The molecule has 1 aromatic heterocycles. The van der Waals surface area contributed by atoms with Crippen LogP contribution in [0, 0.1) is 0 Å². The van der Waals surface area contributed by atoms with Crippen LogP contribution in [0.15, 0.2) is 39.8 Å². The average Bonchev–Trinajstić information content (AvgIpc) is 3.14. The Labute approximate surface area is 156 Å². The first-order valence-corrected chi connectivity index (χ1v) is 9.23. The van der Waals surface area contributed by atoms with Gasteiger partial charge in [0.2, 0.25) is 0 Å². The minimum absolute atomic E-state index is 0.464. The van der Waals surface area contributed by atoms with Crippen molar-refractivity contribution in [3.05, 3.63) is 47.3 Å². The number of hydrogen-bond donors (Lipinski definition) is 2. The van der Waals surface area contributed by atoms with Gasteiger partial charge in [0.05, 0.1) is 19.3 Å². The molecule has 2 rings (SSSR count). The third kappa shape index (κ3) is 5.51. The summed E-state index contributed by atoms with van der Waals surface area (Å²) < 4.78 is 10.8. The van der Waals surface area contributed by atoms with Crippen LogP contribution in [0.25, 0.3) is 0 Å². The zero-order chi connectivity index (χ0) is 18.8. The summed E-state index contributed by atoms with van der Waals surface area (Å²) in [5.41, 5.74) is 2.20. The number of methoxy groups -OCH3 is 1. The first-order valence-electron chi connectivity index (χ1n) is 9.23. The minimum Gasteiger partial charge on any atom is -0.496 e. The zero-order valence-electron chi connectivity index (χ0n) is 16.2. The van der Waals surface area contributed by atoms with Crippen LogP contribution in [0.4, 0.5) is 0 Å². The molecule has 0 bridgehead atoms. The van der Waals surface area contributed by atoms with Gasteiger partial charge in [0.25, 0.3) is 0 Å². The van der Waals surface area contributed by atoms with Crippen LogP contribution in [0.1, 0.15) is 49.6 Å². The molecule has 26 heavy (non-hydrogen) atoms. The lowest BCUT2D eigenvalue weighted by molar-refractivity contribution is 0.368. The number of guanidine groups is 1. The maximum absolute atomic E-state index is 5.44. The molecule has 6 nitrogen and oxygen atoms in total. The maximum Gasteiger partial charge on any atom is 0.191 e. The van der Waals surface area contributed by atoms with E-state index in [0.717, 1.165) is 49.0 Å². The van der Waals surface area contributed by atoms with Crippen molar-refractivity contribution in [3.8, 4) is 5.75 Å². The van der Waals surface area contributed by atoms with Crippen LogP contribution in [0.3, 0.4) is 0 Å². The summed E-state index contributed by atoms with van der Waals surface area (Å²) in [6.45, 7) is 5.67. The van der Waals surface area contributed by atoms with Crippen molar-refractivity contribution in [1.29, 1.82) is 0 Å². The van der Waals surface area contributed by atoms with Gasteiger partial charge < -0.3 is 19.9 Å². The van der Waals surface area contributed by atoms with Gasteiger partial charge in [-0.3, -0.25) is 4.99 Å². The van der Waals surface area contributed by atoms with Crippen LogP contribution < -0.4 is 15.4 Å².